The summed E-state index contributed by atoms with van der Waals surface area (Å²) in [6.45, 7) is 8.35. The van der Waals surface area contributed by atoms with Crippen LogP contribution in [0.4, 0.5) is 5.95 Å². The van der Waals surface area contributed by atoms with E-state index in [1.807, 2.05) is 0 Å². The number of aromatic nitrogens is 3. The molecule has 3 rings (SSSR count). The monoisotopic (exact) mass is 277 g/mol. The molecule has 5 nitrogen and oxygen atoms in total. The standard InChI is InChI=1S/C13H19N5S/c1-9-8-11(19-10(9)2)12-15-13(17-16-12)18-6-3-4-14-5-7-18/h8,14H,3-7H2,1-2H3,(H,15,16,17). The molecule has 0 unspecified atom stereocenters. The summed E-state index contributed by atoms with van der Waals surface area (Å²) in [7, 11) is 0. The van der Waals surface area contributed by atoms with Gasteiger partial charge in [-0.3, -0.25) is 5.10 Å². The van der Waals surface area contributed by atoms with Crippen LogP contribution in [0.15, 0.2) is 6.07 Å². The number of anilines is 1. The zero-order chi connectivity index (χ0) is 13.2. The summed E-state index contributed by atoms with van der Waals surface area (Å²) in [4.78, 5) is 9.39. The molecule has 2 aromatic heterocycles. The molecule has 0 aliphatic carbocycles. The summed E-state index contributed by atoms with van der Waals surface area (Å²) >= 11 is 1.77. The third kappa shape index (κ3) is 2.64. The Kier molecular flexibility index (Phi) is 3.52. The van der Waals surface area contributed by atoms with Crippen molar-refractivity contribution in [3.05, 3.63) is 16.5 Å². The first-order valence-corrected chi connectivity index (χ1v) is 7.51. The molecule has 0 spiro atoms. The molecular weight excluding hydrogens is 258 g/mol. The highest BCUT2D eigenvalue weighted by Gasteiger charge is 2.15. The van der Waals surface area contributed by atoms with Crippen LogP contribution in [-0.2, 0) is 0 Å². The van der Waals surface area contributed by atoms with Crippen molar-refractivity contribution in [1.82, 2.24) is 20.5 Å². The van der Waals surface area contributed by atoms with Gasteiger partial charge in [0.25, 0.3) is 0 Å². The second-order valence-electron chi connectivity index (χ2n) is 4.92. The minimum absolute atomic E-state index is 0.822. The van der Waals surface area contributed by atoms with E-state index in [2.05, 4.69) is 45.3 Å². The SMILES string of the molecule is Cc1cc(-c2nc(N3CCCNCC3)n[nH]2)sc1C. The Labute approximate surface area is 117 Å². The summed E-state index contributed by atoms with van der Waals surface area (Å²) in [5.74, 6) is 1.70. The normalized spacial score (nSPS) is 16.6. The van der Waals surface area contributed by atoms with Crippen LogP contribution in [0, 0.1) is 13.8 Å². The molecule has 0 radical (unpaired) electrons. The predicted molar refractivity (Wildman–Crippen MR) is 78.9 cm³/mol. The van der Waals surface area contributed by atoms with Crippen molar-refractivity contribution in [3.63, 3.8) is 0 Å². The fraction of sp³-hybridized carbons (Fsp3) is 0.538. The maximum absolute atomic E-state index is 4.64. The van der Waals surface area contributed by atoms with Gasteiger partial charge in [-0.1, -0.05) is 0 Å². The molecule has 3 heterocycles. The highest BCUT2D eigenvalue weighted by molar-refractivity contribution is 7.15. The fourth-order valence-corrected chi connectivity index (χ4v) is 3.21. The Morgan fingerprint density at radius 2 is 2.16 bits per heavy atom. The molecule has 0 saturated carbocycles. The van der Waals surface area contributed by atoms with Crippen molar-refractivity contribution in [3.8, 4) is 10.7 Å². The lowest BCUT2D eigenvalue weighted by molar-refractivity contribution is 0.724. The van der Waals surface area contributed by atoms with E-state index in [1.165, 1.54) is 15.3 Å². The molecule has 1 aliphatic rings. The Morgan fingerprint density at radius 3 is 2.95 bits per heavy atom. The van der Waals surface area contributed by atoms with Crippen LogP contribution in [0.2, 0.25) is 0 Å². The lowest BCUT2D eigenvalue weighted by atomic mass is 10.3. The van der Waals surface area contributed by atoms with Crippen LogP contribution in [0.3, 0.4) is 0 Å². The Morgan fingerprint density at radius 1 is 1.26 bits per heavy atom. The van der Waals surface area contributed by atoms with Crippen molar-refractivity contribution in [1.29, 1.82) is 0 Å². The number of H-pyrrole nitrogens is 1. The first-order valence-electron chi connectivity index (χ1n) is 6.69. The van der Waals surface area contributed by atoms with Crippen molar-refractivity contribution in [2.45, 2.75) is 20.3 Å². The first-order chi connectivity index (χ1) is 9.24. The molecule has 1 fully saturated rings. The van der Waals surface area contributed by atoms with Gasteiger partial charge in [0.05, 0.1) is 4.88 Å². The average Bonchev–Trinajstić information content (AvgIpc) is 2.90. The average molecular weight is 277 g/mol. The molecule has 2 N–H and O–H groups in total. The van der Waals surface area contributed by atoms with Crippen molar-refractivity contribution in [2.75, 3.05) is 31.1 Å². The summed E-state index contributed by atoms with van der Waals surface area (Å²) in [5, 5.41) is 10.8. The van der Waals surface area contributed by atoms with E-state index in [4.69, 9.17) is 0 Å². The van der Waals surface area contributed by atoms with Crippen molar-refractivity contribution >= 4 is 17.3 Å². The third-order valence-electron chi connectivity index (χ3n) is 3.50. The van der Waals surface area contributed by atoms with Gasteiger partial charge in [-0.15, -0.1) is 16.4 Å². The summed E-state index contributed by atoms with van der Waals surface area (Å²) < 4.78 is 0. The maximum atomic E-state index is 4.64. The van der Waals surface area contributed by atoms with Crippen LogP contribution in [0.1, 0.15) is 16.9 Å². The molecule has 1 saturated heterocycles. The number of hydrogen-bond donors (Lipinski definition) is 2. The lowest BCUT2D eigenvalue weighted by Gasteiger charge is -2.16. The Bertz CT molecular complexity index is 532. The lowest BCUT2D eigenvalue weighted by Crippen LogP contribution is -2.28. The number of aromatic amines is 1. The summed E-state index contributed by atoms with van der Waals surface area (Å²) in [5.41, 5.74) is 1.32. The van der Waals surface area contributed by atoms with E-state index >= 15 is 0 Å². The van der Waals surface area contributed by atoms with E-state index in [9.17, 15) is 0 Å². The van der Waals surface area contributed by atoms with Crippen LogP contribution >= 0.6 is 11.3 Å². The number of aryl methyl sites for hydroxylation is 2. The van der Waals surface area contributed by atoms with Crippen molar-refractivity contribution in [2.24, 2.45) is 0 Å². The predicted octanol–water partition coefficient (Wildman–Crippen LogP) is 1.95. The largest absolute Gasteiger partial charge is 0.338 e. The van der Waals surface area contributed by atoms with Gasteiger partial charge < -0.3 is 10.2 Å². The van der Waals surface area contributed by atoms with E-state index in [0.717, 1.165) is 44.4 Å². The molecule has 0 bridgehead atoms. The van der Waals surface area contributed by atoms with Crippen LogP contribution in [0.5, 0.6) is 0 Å². The number of rotatable bonds is 2. The Balaban J connectivity index is 1.82. The second kappa shape index (κ2) is 5.30. The molecule has 0 amide bonds. The van der Waals surface area contributed by atoms with Gasteiger partial charge in [-0.05, 0) is 38.4 Å². The molecule has 2 aromatic rings. The zero-order valence-corrected chi connectivity index (χ0v) is 12.2. The van der Waals surface area contributed by atoms with E-state index < -0.39 is 0 Å². The number of hydrogen-bond acceptors (Lipinski definition) is 5. The van der Waals surface area contributed by atoms with Gasteiger partial charge in [-0.25, -0.2) is 0 Å². The topological polar surface area (TPSA) is 56.8 Å². The maximum Gasteiger partial charge on any atom is 0.245 e. The van der Waals surface area contributed by atoms with E-state index in [1.54, 1.807) is 11.3 Å². The van der Waals surface area contributed by atoms with Gasteiger partial charge in [0, 0.05) is 24.5 Å². The number of nitrogens with one attached hydrogen (secondary N) is 2. The van der Waals surface area contributed by atoms with E-state index in [0.29, 0.717) is 0 Å². The van der Waals surface area contributed by atoms with Gasteiger partial charge in [-0.2, -0.15) is 4.98 Å². The third-order valence-corrected chi connectivity index (χ3v) is 4.66. The van der Waals surface area contributed by atoms with Gasteiger partial charge >= 0.3 is 0 Å². The summed E-state index contributed by atoms with van der Waals surface area (Å²) in [6, 6.07) is 2.17. The highest BCUT2D eigenvalue weighted by Crippen LogP contribution is 2.29. The van der Waals surface area contributed by atoms with Gasteiger partial charge in [0.1, 0.15) is 0 Å². The molecular formula is C13H19N5S. The van der Waals surface area contributed by atoms with Crippen LogP contribution in [-0.4, -0.2) is 41.4 Å². The molecule has 0 aromatic carbocycles. The molecule has 102 valence electrons. The molecule has 1 aliphatic heterocycles. The Hall–Kier alpha value is -1.40. The first kappa shape index (κ1) is 12.6. The smallest absolute Gasteiger partial charge is 0.245 e. The van der Waals surface area contributed by atoms with Gasteiger partial charge in [0.2, 0.25) is 5.95 Å². The minimum Gasteiger partial charge on any atom is -0.338 e. The minimum atomic E-state index is 0.822. The summed E-state index contributed by atoms with van der Waals surface area (Å²) in [6.07, 6.45) is 1.14. The number of nitrogens with zero attached hydrogens (tertiary/aromatic N) is 3. The second-order valence-corrected chi connectivity index (χ2v) is 6.18. The van der Waals surface area contributed by atoms with Crippen LogP contribution in [0.25, 0.3) is 10.7 Å². The molecule has 0 atom stereocenters. The zero-order valence-electron chi connectivity index (χ0n) is 11.4. The van der Waals surface area contributed by atoms with Gasteiger partial charge in [0.15, 0.2) is 5.82 Å². The fourth-order valence-electron chi connectivity index (χ4n) is 2.24. The highest BCUT2D eigenvalue weighted by atomic mass is 32.1. The number of thiophene rings is 1. The molecule has 6 heteroatoms. The van der Waals surface area contributed by atoms with Crippen molar-refractivity contribution < 1.29 is 0 Å². The van der Waals surface area contributed by atoms with E-state index in [-0.39, 0.29) is 0 Å². The quantitative estimate of drug-likeness (QED) is 0.881. The van der Waals surface area contributed by atoms with Crippen LogP contribution < -0.4 is 10.2 Å². The molecule has 19 heavy (non-hydrogen) atoms.